The molecule has 0 aliphatic rings. The second-order valence-electron chi connectivity index (χ2n) is 4.47. The van der Waals surface area contributed by atoms with Gasteiger partial charge in [0.25, 0.3) is 0 Å². The summed E-state index contributed by atoms with van der Waals surface area (Å²) in [5, 5.41) is 7.77. The lowest BCUT2D eigenvalue weighted by Gasteiger charge is -2.16. The second kappa shape index (κ2) is 9.22. The third-order valence-corrected chi connectivity index (χ3v) is 3.97. The van der Waals surface area contributed by atoms with E-state index in [1.54, 1.807) is 11.5 Å². The van der Waals surface area contributed by atoms with Crippen molar-refractivity contribution in [3.63, 3.8) is 0 Å². The molecule has 0 saturated carbocycles. The van der Waals surface area contributed by atoms with Crippen molar-refractivity contribution in [2.45, 2.75) is 58.4 Å². The van der Waals surface area contributed by atoms with Gasteiger partial charge in [-0.3, -0.25) is 0 Å². The predicted octanol–water partition coefficient (Wildman–Crippen LogP) is 3.89. The van der Waals surface area contributed by atoms with E-state index in [1.807, 2.05) is 6.08 Å². The summed E-state index contributed by atoms with van der Waals surface area (Å²) in [5.74, 6) is 0. The first-order valence-electron chi connectivity index (χ1n) is 6.98. The van der Waals surface area contributed by atoms with Crippen molar-refractivity contribution in [3.8, 4) is 0 Å². The number of aryl methyl sites for hydroxylation is 1. The van der Waals surface area contributed by atoms with Crippen LogP contribution in [0.5, 0.6) is 0 Å². The molecule has 0 radical (unpaired) electrons. The van der Waals surface area contributed by atoms with Crippen LogP contribution < -0.4 is 5.32 Å². The summed E-state index contributed by atoms with van der Waals surface area (Å²) in [6.07, 6.45) is 9.09. The Morgan fingerprint density at radius 1 is 1.33 bits per heavy atom. The van der Waals surface area contributed by atoms with Crippen LogP contribution in [0.4, 0.5) is 0 Å². The van der Waals surface area contributed by atoms with Gasteiger partial charge in [0.1, 0.15) is 0 Å². The van der Waals surface area contributed by atoms with E-state index >= 15 is 0 Å². The molecule has 0 aliphatic heterocycles. The van der Waals surface area contributed by atoms with E-state index in [0.717, 1.165) is 25.1 Å². The molecule has 0 saturated heterocycles. The van der Waals surface area contributed by atoms with E-state index in [4.69, 9.17) is 0 Å². The quantitative estimate of drug-likeness (QED) is 0.516. The van der Waals surface area contributed by atoms with E-state index in [-0.39, 0.29) is 0 Å². The van der Waals surface area contributed by atoms with Gasteiger partial charge in [-0.05, 0) is 43.8 Å². The highest BCUT2D eigenvalue weighted by molar-refractivity contribution is 7.05. The van der Waals surface area contributed by atoms with Crippen LogP contribution in [0.1, 0.15) is 62.6 Å². The molecule has 0 aromatic carbocycles. The molecule has 18 heavy (non-hydrogen) atoms. The van der Waals surface area contributed by atoms with Gasteiger partial charge in [-0.2, -0.15) is 0 Å². The first kappa shape index (κ1) is 15.3. The maximum atomic E-state index is 4.21. The Labute approximate surface area is 115 Å². The summed E-state index contributed by atoms with van der Waals surface area (Å²) in [6.45, 7) is 9.06. The monoisotopic (exact) mass is 267 g/mol. The number of nitrogens with zero attached hydrogens (tertiary/aromatic N) is 2. The van der Waals surface area contributed by atoms with E-state index in [1.165, 1.54) is 30.6 Å². The standard InChI is InChI=1S/C14H25N3S/c1-4-7-8-9-10-11-13(15-6-3)14-12(5-2)16-17-18-14/h4,13,15H,1,5-11H2,2-3H3. The Morgan fingerprint density at radius 2 is 2.17 bits per heavy atom. The molecule has 1 rings (SSSR count). The molecule has 0 fully saturated rings. The fourth-order valence-corrected chi connectivity index (χ4v) is 2.96. The van der Waals surface area contributed by atoms with E-state index < -0.39 is 0 Å². The number of hydrogen-bond donors (Lipinski definition) is 1. The molecule has 102 valence electrons. The molecule has 1 N–H and O–H groups in total. The maximum Gasteiger partial charge on any atom is 0.0800 e. The molecule has 1 aromatic rings. The van der Waals surface area contributed by atoms with Gasteiger partial charge >= 0.3 is 0 Å². The average molecular weight is 267 g/mol. The topological polar surface area (TPSA) is 37.8 Å². The van der Waals surface area contributed by atoms with Crippen molar-refractivity contribution >= 4 is 11.5 Å². The minimum absolute atomic E-state index is 0.439. The van der Waals surface area contributed by atoms with Crippen LogP contribution in [-0.4, -0.2) is 16.1 Å². The maximum absolute atomic E-state index is 4.21. The van der Waals surface area contributed by atoms with Gasteiger partial charge in [0.15, 0.2) is 0 Å². The van der Waals surface area contributed by atoms with Crippen molar-refractivity contribution in [2.24, 2.45) is 0 Å². The van der Waals surface area contributed by atoms with Gasteiger partial charge in [0.05, 0.1) is 10.6 Å². The first-order valence-corrected chi connectivity index (χ1v) is 7.76. The molecule has 0 amide bonds. The summed E-state index contributed by atoms with van der Waals surface area (Å²) < 4.78 is 4.09. The highest BCUT2D eigenvalue weighted by Gasteiger charge is 2.16. The molecule has 1 heterocycles. The molecule has 0 bridgehead atoms. The van der Waals surface area contributed by atoms with E-state index in [2.05, 4.69) is 35.3 Å². The third kappa shape index (κ3) is 4.86. The Kier molecular flexibility index (Phi) is 7.85. The minimum Gasteiger partial charge on any atom is -0.309 e. The first-order chi connectivity index (χ1) is 8.83. The zero-order valence-corrected chi connectivity index (χ0v) is 12.4. The van der Waals surface area contributed by atoms with Gasteiger partial charge in [-0.15, -0.1) is 11.7 Å². The highest BCUT2D eigenvalue weighted by Crippen LogP contribution is 2.25. The SMILES string of the molecule is C=CCCCCCC(NCC)c1snnc1CC. The molecule has 1 aromatic heterocycles. The van der Waals surface area contributed by atoms with Crippen LogP contribution in [-0.2, 0) is 6.42 Å². The van der Waals surface area contributed by atoms with Gasteiger partial charge in [-0.25, -0.2) is 0 Å². The summed E-state index contributed by atoms with van der Waals surface area (Å²) in [6, 6.07) is 0.439. The van der Waals surface area contributed by atoms with Crippen LogP contribution in [0.25, 0.3) is 0 Å². The Balaban J connectivity index is 2.46. The lowest BCUT2D eigenvalue weighted by molar-refractivity contribution is 0.486. The molecule has 3 nitrogen and oxygen atoms in total. The number of hydrogen-bond acceptors (Lipinski definition) is 4. The van der Waals surface area contributed by atoms with Gasteiger partial charge < -0.3 is 5.32 Å². The Hall–Kier alpha value is -0.740. The van der Waals surface area contributed by atoms with Crippen molar-refractivity contribution in [1.29, 1.82) is 0 Å². The largest absolute Gasteiger partial charge is 0.309 e. The van der Waals surface area contributed by atoms with Crippen LogP contribution in [0.2, 0.25) is 0 Å². The normalized spacial score (nSPS) is 12.6. The van der Waals surface area contributed by atoms with Crippen LogP contribution >= 0.6 is 11.5 Å². The van der Waals surface area contributed by atoms with Crippen molar-refractivity contribution in [1.82, 2.24) is 14.9 Å². The van der Waals surface area contributed by atoms with Gasteiger partial charge in [0, 0.05) is 6.04 Å². The second-order valence-corrected chi connectivity index (χ2v) is 5.26. The summed E-state index contributed by atoms with van der Waals surface area (Å²) >= 11 is 1.55. The number of aromatic nitrogens is 2. The van der Waals surface area contributed by atoms with Crippen molar-refractivity contribution in [2.75, 3.05) is 6.54 Å². The summed E-state index contributed by atoms with van der Waals surface area (Å²) in [5.41, 5.74) is 1.16. The number of unbranched alkanes of at least 4 members (excludes halogenated alkanes) is 3. The molecular weight excluding hydrogens is 242 g/mol. The van der Waals surface area contributed by atoms with Crippen LogP contribution in [0.3, 0.4) is 0 Å². The fourth-order valence-electron chi connectivity index (χ4n) is 2.11. The minimum atomic E-state index is 0.439. The van der Waals surface area contributed by atoms with Crippen molar-refractivity contribution < 1.29 is 0 Å². The van der Waals surface area contributed by atoms with Gasteiger partial charge in [-0.1, -0.05) is 37.3 Å². The molecule has 4 heteroatoms. The number of allylic oxidation sites excluding steroid dienone is 1. The lowest BCUT2D eigenvalue weighted by atomic mass is 10.0. The molecule has 0 spiro atoms. The smallest absolute Gasteiger partial charge is 0.0800 e. The zero-order chi connectivity index (χ0) is 13.2. The zero-order valence-electron chi connectivity index (χ0n) is 11.6. The fraction of sp³-hybridized carbons (Fsp3) is 0.714. The third-order valence-electron chi connectivity index (χ3n) is 3.09. The van der Waals surface area contributed by atoms with E-state index in [0.29, 0.717) is 6.04 Å². The van der Waals surface area contributed by atoms with Crippen LogP contribution in [0, 0.1) is 0 Å². The number of nitrogens with one attached hydrogen (secondary N) is 1. The highest BCUT2D eigenvalue weighted by atomic mass is 32.1. The van der Waals surface area contributed by atoms with Gasteiger partial charge in [0.2, 0.25) is 0 Å². The summed E-state index contributed by atoms with van der Waals surface area (Å²) in [7, 11) is 0. The average Bonchev–Trinajstić information content (AvgIpc) is 2.85. The lowest BCUT2D eigenvalue weighted by Crippen LogP contribution is -2.21. The molecule has 1 atom stereocenters. The number of rotatable bonds is 10. The van der Waals surface area contributed by atoms with Crippen molar-refractivity contribution in [3.05, 3.63) is 23.2 Å². The molecule has 0 aliphatic carbocycles. The summed E-state index contributed by atoms with van der Waals surface area (Å²) in [4.78, 5) is 1.34. The predicted molar refractivity (Wildman–Crippen MR) is 79.0 cm³/mol. The Morgan fingerprint density at radius 3 is 2.83 bits per heavy atom. The molecule has 1 unspecified atom stereocenters. The Bertz CT molecular complexity index is 336. The van der Waals surface area contributed by atoms with E-state index in [9.17, 15) is 0 Å². The van der Waals surface area contributed by atoms with Crippen LogP contribution in [0.15, 0.2) is 12.7 Å². The molecular formula is C14H25N3S.